The van der Waals surface area contributed by atoms with Crippen LogP contribution < -0.4 is 7.81 Å². The monoisotopic (exact) mass is 406 g/mol. The third kappa shape index (κ3) is 3.81. The van der Waals surface area contributed by atoms with Crippen molar-refractivity contribution in [2.45, 2.75) is 6.18 Å². The van der Waals surface area contributed by atoms with Crippen molar-refractivity contribution in [3.05, 3.63) is 24.3 Å². The first-order valence-electron chi connectivity index (χ1n) is 4.16. The van der Waals surface area contributed by atoms with E-state index in [1.54, 1.807) is 12.1 Å². The number of rotatable bonds is 3. The molecule has 0 radical (unpaired) electrons. The summed E-state index contributed by atoms with van der Waals surface area (Å²) in [6.07, 6.45) is -4.67. The van der Waals surface area contributed by atoms with E-state index in [4.69, 9.17) is 4.74 Å². The molecule has 0 heterocycles. The average molecular weight is 405 g/mol. The average Bonchev–Trinajstić information content (AvgIpc) is 2.17. The topological polar surface area (TPSA) is 26.3 Å². The van der Waals surface area contributed by atoms with Gasteiger partial charge in [0.2, 0.25) is 0 Å². The molecule has 0 bridgehead atoms. The van der Waals surface area contributed by atoms with Gasteiger partial charge in [-0.2, -0.15) is 0 Å². The van der Waals surface area contributed by atoms with E-state index in [0.29, 0.717) is 8.82 Å². The molecule has 6 heteroatoms. The van der Waals surface area contributed by atoms with Gasteiger partial charge in [0.05, 0.1) is 0 Å². The molecule has 2 nitrogen and oxygen atoms in total. The summed E-state index contributed by atoms with van der Waals surface area (Å²) in [6, 6.07) is 6.20. The van der Waals surface area contributed by atoms with Gasteiger partial charge in [-0.3, -0.25) is 0 Å². The summed E-state index contributed by atoms with van der Waals surface area (Å²) in [5.41, 5.74) is 0. The van der Waals surface area contributed by atoms with E-state index in [0.717, 1.165) is 0 Å². The van der Waals surface area contributed by atoms with Gasteiger partial charge in [0.15, 0.2) is 0 Å². The number of hydrogen-bond acceptors (Lipinski definition) is 2. The molecule has 0 saturated heterocycles. The van der Waals surface area contributed by atoms with E-state index >= 15 is 0 Å². The van der Waals surface area contributed by atoms with E-state index < -0.39 is 34.0 Å². The van der Waals surface area contributed by atoms with Crippen molar-refractivity contribution < 1.29 is 47.3 Å². The molecule has 0 spiro atoms. The predicted molar refractivity (Wildman–Crippen MR) is 43.7 cm³/mol. The van der Waals surface area contributed by atoms with E-state index in [9.17, 15) is 18.0 Å². The second kappa shape index (κ2) is 4.96. The van der Waals surface area contributed by atoms with E-state index in [2.05, 4.69) is 0 Å². The van der Waals surface area contributed by atoms with Gasteiger partial charge in [-0.05, 0) is 0 Å². The molecule has 0 unspecified atom stereocenters. The SMILES string of the molecule is COc1cc[c]([Hg][C](=O)C(F)(F)F)cc1. The van der Waals surface area contributed by atoms with Crippen molar-refractivity contribution in [2.75, 3.05) is 7.11 Å². The number of carbonyl (C=O) groups is 1. The molecule has 0 N–H and O–H groups in total. The van der Waals surface area contributed by atoms with E-state index in [-0.39, 0.29) is 0 Å². The van der Waals surface area contributed by atoms with Gasteiger partial charge in [0.1, 0.15) is 0 Å². The summed E-state index contributed by atoms with van der Waals surface area (Å²) >= 11 is -2.72. The van der Waals surface area contributed by atoms with Crippen molar-refractivity contribution in [2.24, 2.45) is 0 Å². The standard InChI is InChI=1S/C7H7O.C2F3O.Hg/c1-8-7-5-3-2-4-6-7;3-2(4,5)1-6;/h3-6H,1H3;;. The maximum absolute atomic E-state index is 12.0. The van der Waals surface area contributed by atoms with Crippen LogP contribution in [0.2, 0.25) is 0 Å². The molecular formula is C9H7F3HgO2. The van der Waals surface area contributed by atoms with Crippen LogP contribution >= 0.6 is 0 Å². The van der Waals surface area contributed by atoms with Crippen LogP contribution in [0.15, 0.2) is 24.3 Å². The van der Waals surface area contributed by atoms with Gasteiger partial charge >= 0.3 is 96.9 Å². The molecule has 0 amide bonds. The van der Waals surface area contributed by atoms with Gasteiger partial charge in [-0.25, -0.2) is 0 Å². The molecule has 0 aliphatic carbocycles. The Balaban J connectivity index is 2.70. The van der Waals surface area contributed by atoms with Gasteiger partial charge < -0.3 is 0 Å². The Morgan fingerprint density at radius 1 is 1.27 bits per heavy atom. The third-order valence-electron chi connectivity index (χ3n) is 1.84. The Morgan fingerprint density at radius 2 is 1.80 bits per heavy atom. The van der Waals surface area contributed by atoms with Crippen LogP contribution in [0, 0.1) is 0 Å². The van der Waals surface area contributed by atoms with E-state index in [1.165, 1.54) is 19.2 Å². The molecule has 0 aliphatic rings. The Morgan fingerprint density at radius 3 is 2.20 bits per heavy atom. The zero-order valence-corrected chi connectivity index (χ0v) is 13.5. The quantitative estimate of drug-likeness (QED) is 0.714. The second-order valence-electron chi connectivity index (χ2n) is 2.95. The van der Waals surface area contributed by atoms with Crippen LogP contribution in [-0.2, 0) is 29.4 Å². The van der Waals surface area contributed by atoms with Crippen LogP contribution in [0.3, 0.4) is 0 Å². The normalized spacial score (nSPS) is 10.7. The second-order valence-corrected chi connectivity index (χ2v) is 9.99. The van der Waals surface area contributed by atoms with Crippen LogP contribution in [0.1, 0.15) is 0 Å². The molecular weight excluding hydrogens is 398 g/mol. The van der Waals surface area contributed by atoms with Crippen molar-refractivity contribution in [3.63, 3.8) is 0 Å². The van der Waals surface area contributed by atoms with Crippen LogP contribution in [0.4, 0.5) is 13.2 Å². The number of methoxy groups -OCH3 is 1. The predicted octanol–water partition coefficient (Wildman–Crippen LogP) is 1.49. The summed E-state index contributed by atoms with van der Waals surface area (Å²) < 4.78 is 39.8. The van der Waals surface area contributed by atoms with E-state index in [1.807, 2.05) is 0 Å². The van der Waals surface area contributed by atoms with Gasteiger partial charge in [-0.1, -0.05) is 0 Å². The number of alkyl halides is 3. The Labute approximate surface area is 96.9 Å². The number of halogens is 3. The summed E-state index contributed by atoms with van der Waals surface area (Å²) in [6.45, 7) is 0. The maximum atomic E-state index is 12.0. The van der Waals surface area contributed by atoms with Crippen molar-refractivity contribution >= 4 is 6.36 Å². The Bertz CT molecular complexity index is 345. The molecule has 0 atom stereocenters. The first kappa shape index (κ1) is 12.5. The number of carbonyl (C=O) groups excluding carboxylic acids is 1. The Hall–Kier alpha value is -0.585. The molecule has 1 aromatic rings. The molecule has 1 aromatic carbocycles. The fraction of sp³-hybridized carbons (Fsp3) is 0.222. The van der Waals surface area contributed by atoms with Crippen LogP contribution in [0.25, 0.3) is 0 Å². The van der Waals surface area contributed by atoms with Gasteiger partial charge in [0, 0.05) is 0 Å². The van der Waals surface area contributed by atoms with Crippen molar-refractivity contribution in [1.29, 1.82) is 0 Å². The summed E-state index contributed by atoms with van der Waals surface area (Å²) in [5, 5.41) is 0. The minimum atomic E-state index is -4.67. The number of ether oxygens (including phenoxy) is 1. The zero-order chi connectivity index (χ0) is 11.5. The summed E-state index contributed by atoms with van der Waals surface area (Å²) in [5.74, 6) is 0.576. The summed E-state index contributed by atoms with van der Waals surface area (Å²) in [7, 11) is 1.47. The fourth-order valence-electron chi connectivity index (χ4n) is 1.03. The molecule has 1 rings (SSSR count). The first-order valence-corrected chi connectivity index (χ1v) is 9.66. The number of benzene rings is 1. The van der Waals surface area contributed by atoms with Crippen molar-refractivity contribution in [1.82, 2.24) is 0 Å². The molecule has 15 heavy (non-hydrogen) atoms. The molecule has 0 saturated carbocycles. The number of hydrogen-bond donors (Lipinski definition) is 0. The third-order valence-corrected chi connectivity index (χ3v) is 8.07. The molecule has 0 aromatic heterocycles. The zero-order valence-electron chi connectivity index (χ0n) is 7.97. The Kier molecular flexibility index (Phi) is 4.13. The van der Waals surface area contributed by atoms with Gasteiger partial charge in [-0.15, -0.1) is 0 Å². The van der Waals surface area contributed by atoms with Crippen molar-refractivity contribution in [3.8, 4) is 5.75 Å². The summed E-state index contributed by atoms with van der Waals surface area (Å²) in [4.78, 5) is 10.7. The van der Waals surface area contributed by atoms with Crippen LogP contribution in [-0.4, -0.2) is 16.6 Å². The first-order chi connectivity index (χ1) is 6.93. The van der Waals surface area contributed by atoms with Crippen LogP contribution in [0.5, 0.6) is 5.75 Å². The molecule has 78 valence electrons. The molecule has 0 fully saturated rings. The molecule has 0 aliphatic heterocycles. The minimum absolute atomic E-state index is 0.540. The fourth-order valence-corrected chi connectivity index (χ4v) is 5.08. The van der Waals surface area contributed by atoms with Gasteiger partial charge in [0.25, 0.3) is 0 Å².